The molecule has 2 aromatic rings. The Kier molecular flexibility index (Phi) is 8.40. The van der Waals surface area contributed by atoms with Crippen LogP contribution in [0.25, 0.3) is 5.57 Å². The summed E-state index contributed by atoms with van der Waals surface area (Å²) in [5, 5.41) is 3.37. The Morgan fingerprint density at radius 2 is 2.08 bits per heavy atom. The predicted molar refractivity (Wildman–Crippen MR) is 117 cm³/mol. The summed E-state index contributed by atoms with van der Waals surface area (Å²) in [6.07, 6.45) is 6.77. The highest BCUT2D eigenvalue weighted by Gasteiger charge is 2.15. The summed E-state index contributed by atoms with van der Waals surface area (Å²) < 4.78 is 5.65. The second-order valence-corrected chi connectivity index (χ2v) is 5.80. The minimum absolute atomic E-state index is 0. The van der Waals surface area contributed by atoms with E-state index in [-0.39, 0.29) is 24.0 Å². The van der Waals surface area contributed by atoms with Crippen LogP contribution in [0.4, 0.5) is 0 Å². The van der Waals surface area contributed by atoms with Crippen LogP contribution in [0.15, 0.2) is 65.9 Å². The van der Waals surface area contributed by atoms with E-state index in [1.807, 2.05) is 19.2 Å². The zero-order chi connectivity index (χ0) is 17.3. The molecule has 0 saturated carbocycles. The molecule has 138 valence electrons. The minimum Gasteiger partial charge on any atom is -0.490 e. The van der Waals surface area contributed by atoms with Gasteiger partial charge in [-0.05, 0) is 29.7 Å². The first kappa shape index (κ1) is 20.2. The highest BCUT2D eigenvalue weighted by atomic mass is 127. The van der Waals surface area contributed by atoms with Gasteiger partial charge < -0.3 is 15.0 Å². The van der Waals surface area contributed by atoms with Crippen LogP contribution in [0.5, 0.6) is 5.75 Å². The van der Waals surface area contributed by atoms with E-state index >= 15 is 0 Å². The first-order valence-corrected chi connectivity index (χ1v) is 8.59. The monoisotopic (exact) mass is 464 g/mol. The van der Waals surface area contributed by atoms with Gasteiger partial charge in [0, 0.05) is 26.3 Å². The summed E-state index contributed by atoms with van der Waals surface area (Å²) in [5.41, 5.74) is 2.72. The van der Waals surface area contributed by atoms with Crippen molar-refractivity contribution in [1.82, 2.24) is 15.2 Å². The minimum atomic E-state index is 0. The number of ether oxygens (including phenoxy) is 1. The quantitative estimate of drug-likeness (QED) is 0.319. The van der Waals surface area contributed by atoms with E-state index in [1.54, 1.807) is 12.4 Å². The standard InChI is InChI=1S/C20H24N4O.HI/c1-21-20(23-12-15-25-19-8-5-11-22-16-19)24-13-9-18(10-14-24)17-6-3-2-4-7-17;/h2-9,11,16H,10,12-15H2,1H3,(H,21,23);1H. The maximum atomic E-state index is 5.65. The van der Waals surface area contributed by atoms with Crippen LogP contribution in [0.1, 0.15) is 12.0 Å². The third-order valence-corrected chi connectivity index (χ3v) is 4.15. The van der Waals surface area contributed by atoms with E-state index in [0.29, 0.717) is 13.2 Å². The highest BCUT2D eigenvalue weighted by molar-refractivity contribution is 14.0. The summed E-state index contributed by atoms with van der Waals surface area (Å²) in [6, 6.07) is 14.3. The molecule has 0 atom stereocenters. The van der Waals surface area contributed by atoms with E-state index < -0.39 is 0 Å². The summed E-state index contributed by atoms with van der Waals surface area (Å²) in [6.45, 7) is 3.11. The predicted octanol–water partition coefficient (Wildman–Crippen LogP) is 3.44. The molecule has 0 amide bonds. The van der Waals surface area contributed by atoms with Crippen LogP contribution in [-0.4, -0.2) is 49.1 Å². The fraction of sp³-hybridized carbons (Fsp3) is 0.300. The molecule has 0 bridgehead atoms. The van der Waals surface area contributed by atoms with Crippen LogP contribution in [0.3, 0.4) is 0 Å². The summed E-state index contributed by atoms with van der Waals surface area (Å²) in [7, 11) is 1.82. The van der Waals surface area contributed by atoms with Gasteiger partial charge in [-0.3, -0.25) is 9.98 Å². The summed E-state index contributed by atoms with van der Waals surface area (Å²) >= 11 is 0. The van der Waals surface area contributed by atoms with Gasteiger partial charge in [-0.2, -0.15) is 0 Å². The number of hydrogen-bond donors (Lipinski definition) is 1. The first-order chi connectivity index (χ1) is 12.4. The molecular weight excluding hydrogens is 439 g/mol. The second kappa shape index (κ2) is 10.8. The Morgan fingerprint density at radius 3 is 2.73 bits per heavy atom. The third-order valence-electron chi connectivity index (χ3n) is 4.15. The first-order valence-electron chi connectivity index (χ1n) is 8.59. The molecule has 2 heterocycles. The Balaban J connectivity index is 0.00000243. The van der Waals surface area contributed by atoms with Gasteiger partial charge in [0.15, 0.2) is 5.96 Å². The van der Waals surface area contributed by atoms with Crippen molar-refractivity contribution in [2.75, 3.05) is 33.3 Å². The lowest BCUT2D eigenvalue weighted by atomic mass is 10.00. The SMILES string of the molecule is CN=C(NCCOc1cccnc1)N1CC=C(c2ccccc2)CC1.I. The maximum absolute atomic E-state index is 5.65. The number of aliphatic imine (C=N–C) groups is 1. The van der Waals surface area contributed by atoms with Crippen molar-refractivity contribution >= 4 is 35.5 Å². The van der Waals surface area contributed by atoms with Gasteiger partial charge in [0.05, 0.1) is 12.7 Å². The topological polar surface area (TPSA) is 49.8 Å². The molecule has 0 aliphatic carbocycles. The number of benzene rings is 1. The van der Waals surface area contributed by atoms with Crippen molar-refractivity contribution in [2.24, 2.45) is 4.99 Å². The number of aromatic nitrogens is 1. The Morgan fingerprint density at radius 1 is 1.23 bits per heavy atom. The van der Waals surface area contributed by atoms with Gasteiger partial charge >= 0.3 is 0 Å². The number of pyridine rings is 1. The van der Waals surface area contributed by atoms with E-state index in [1.165, 1.54) is 11.1 Å². The van der Waals surface area contributed by atoms with Gasteiger partial charge in [0.2, 0.25) is 0 Å². The zero-order valence-corrected chi connectivity index (χ0v) is 17.3. The Bertz CT molecular complexity index is 719. The van der Waals surface area contributed by atoms with Gasteiger partial charge in [-0.25, -0.2) is 0 Å². The second-order valence-electron chi connectivity index (χ2n) is 5.80. The van der Waals surface area contributed by atoms with Crippen molar-refractivity contribution < 1.29 is 4.74 Å². The number of nitrogens with zero attached hydrogens (tertiary/aromatic N) is 3. The average Bonchev–Trinajstić information content (AvgIpc) is 2.70. The van der Waals surface area contributed by atoms with E-state index in [9.17, 15) is 0 Å². The highest BCUT2D eigenvalue weighted by Crippen LogP contribution is 2.21. The Hall–Kier alpha value is -2.09. The molecule has 6 heteroatoms. The molecule has 1 aromatic heterocycles. The fourth-order valence-corrected chi connectivity index (χ4v) is 2.87. The fourth-order valence-electron chi connectivity index (χ4n) is 2.87. The van der Waals surface area contributed by atoms with Gasteiger partial charge in [0.25, 0.3) is 0 Å². The third kappa shape index (κ3) is 5.72. The summed E-state index contributed by atoms with van der Waals surface area (Å²) in [4.78, 5) is 10.7. The van der Waals surface area contributed by atoms with Crippen LogP contribution in [-0.2, 0) is 0 Å². The lowest BCUT2D eigenvalue weighted by Gasteiger charge is -2.29. The van der Waals surface area contributed by atoms with E-state index in [4.69, 9.17) is 4.74 Å². The maximum Gasteiger partial charge on any atom is 0.194 e. The molecule has 5 nitrogen and oxygen atoms in total. The number of hydrogen-bond acceptors (Lipinski definition) is 3. The normalized spacial score (nSPS) is 14.3. The smallest absolute Gasteiger partial charge is 0.194 e. The molecule has 1 N–H and O–H groups in total. The average molecular weight is 464 g/mol. The van der Waals surface area contributed by atoms with Crippen molar-refractivity contribution in [1.29, 1.82) is 0 Å². The molecule has 0 radical (unpaired) electrons. The van der Waals surface area contributed by atoms with E-state index in [0.717, 1.165) is 31.2 Å². The largest absolute Gasteiger partial charge is 0.490 e. The summed E-state index contributed by atoms with van der Waals surface area (Å²) in [5.74, 6) is 1.70. The lowest BCUT2D eigenvalue weighted by Crippen LogP contribution is -2.44. The molecule has 1 aliphatic rings. The number of halogens is 1. The lowest BCUT2D eigenvalue weighted by molar-refractivity contribution is 0.317. The number of rotatable bonds is 5. The van der Waals surface area contributed by atoms with Crippen molar-refractivity contribution in [3.05, 3.63) is 66.5 Å². The number of guanidine groups is 1. The Labute approximate surface area is 172 Å². The van der Waals surface area contributed by atoms with Crippen molar-refractivity contribution in [2.45, 2.75) is 6.42 Å². The zero-order valence-electron chi connectivity index (χ0n) is 15.0. The van der Waals surface area contributed by atoms with Crippen LogP contribution < -0.4 is 10.1 Å². The molecule has 1 aromatic carbocycles. The molecule has 26 heavy (non-hydrogen) atoms. The van der Waals surface area contributed by atoms with Crippen LogP contribution >= 0.6 is 24.0 Å². The molecule has 1 aliphatic heterocycles. The molecule has 0 spiro atoms. The number of nitrogens with one attached hydrogen (secondary N) is 1. The van der Waals surface area contributed by atoms with Gasteiger partial charge in [0.1, 0.15) is 12.4 Å². The molecule has 3 rings (SSSR count). The van der Waals surface area contributed by atoms with Crippen molar-refractivity contribution in [3.63, 3.8) is 0 Å². The van der Waals surface area contributed by atoms with Crippen LogP contribution in [0, 0.1) is 0 Å². The molecule has 0 unspecified atom stereocenters. The van der Waals surface area contributed by atoms with Crippen LogP contribution in [0.2, 0.25) is 0 Å². The van der Waals surface area contributed by atoms with Gasteiger partial charge in [-0.15, -0.1) is 24.0 Å². The van der Waals surface area contributed by atoms with Gasteiger partial charge in [-0.1, -0.05) is 36.4 Å². The van der Waals surface area contributed by atoms with E-state index in [2.05, 4.69) is 56.6 Å². The molecule has 0 saturated heterocycles. The molecule has 0 fully saturated rings. The molecular formula is C20H25IN4O. The van der Waals surface area contributed by atoms with Crippen molar-refractivity contribution in [3.8, 4) is 5.75 Å².